The zero-order valence-corrected chi connectivity index (χ0v) is 26.5. The Morgan fingerprint density at radius 1 is 0.477 bits per heavy atom. The minimum Gasteiger partial charge on any atom is -0.279 e. The quantitative estimate of drug-likeness (QED) is 0.178. The fourth-order valence-corrected chi connectivity index (χ4v) is 6.81. The largest absolute Gasteiger partial charge is 0.279 e. The van der Waals surface area contributed by atoms with Gasteiger partial charge in [0.15, 0.2) is 0 Å². The molecular formula is C41H39N3. The molecule has 5 aromatic carbocycles. The first-order valence-electron chi connectivity index (χ1n) is 15.3. The maximum atomic E-state index is 4.64. The summed E-state index contributed by atoms with van der Waals surface area (Å²) in [5.74, 6) is 0.761. The highest BCUT2D eigenvalue weighted by atomic mass is 15.3. The van der Waals surface area contributed by atoms with Gasteiger partial charge in [0.25, 0.3) is 0 Å². The summed E-state index contributed by atoms with van der Waals surface area (Å²) in [7, 11) is 0. The number of aryl methyl sites for hydroxylation is 6. The lowest BCUT2D eigenvalue weighted by Crippen LogP contribution is -2.14. The SMILES string of the molecule is Cc1cc(C)c(C(c2ccc(N(c3ccc(-c4ccccc4)cc3)c3ncccn3)cc2)c2c(C)cc(C)cc2C)c(C)c1. The van der Waals surface area contributed by atoms with E-state index in [0.29, 0.717) is 5.95 Å². The van der Waals surface area contributed by atoms with Crippen molar-refractivity contribution in [3.63, 3.8) is 0 Å². The third-order valence-corrected chi connectivity index (χ3v) is 8.52. The van der Waals surface area contributed by atoms with E-state index >= 15 is 0 Å². The molecule has 3 nitrogen and oxygen atoms in total. The topological polar surface area (TPSA) is 29.0 Å². The summed E-state index contributed by atoms with van der Waals surface area (Å²) in [6.07, 6.45) is 3.59. The lowest BCUT2D eigenvalue weighted by atomic mass is 9.77. The predicted molar refractivity (Wildman–Crippen MR) is 184 cm³/mol. The Balaban J connectivity index is 1.46. The zero-order chi connectivity index (χ0) is 30.8. The highest BCUT2D eigenvalue weighted by Crippen LogP contribution is 2.41. The Morgan fingerprint density at radius 2 is 0.909 bits per heavy atom. The maximum absolute atomic E-state index is 4.64. The van der Waals surface area contributed by atoms with E-state index in [9.17, 15) is 0 Å². The van der Waals surface area contributed by atoms with Crippen LogP contribution >= 0.6 is 0 Å². The fraction of sp³-hybridized carbons (Fsp3) is 0.171. The van der Waals surface area contributed by atoms with Gasteiger partial charge < -0.3 is 0 Å². The predicted octanol–water partition coefficient (Wildman–Crippen LogP) is 10.6. The molecule has 0 spiro atoms. The zero-order valence-electron chi connectivity index (χ0n) is 26.5. The van der Waals surface area contributed by atoms with Crippen molar-refractivity contribution in [2.75, 3.05) is 4.90 Å². The van der Waals surface area contributed by atoms with Gasteiger partial charge in [-0.25, -0.2) is 9.97 Å². The van der Waals surface area contributed by atoms with Gasteiger partial charge in [-0.15, -0.1) is 0 Å². The second-order valence-corrected chi connectivity index (χ2v) is 11.9. The van der Waals surface area contributed by atoms with Crippen LogP contribution in [0.3, 0.4) is 0 Å². The first-order chi connectivity index (χ1) is 21.3. The molecule has 0 N–H and O–H groups in total. The molecule has 6 aromatic rings. The van der Waals surface area contributed by atoms with Crippen molar-refractivity contribution in [1.29, 1.82) is 0 Å². The van der Waals surface area contributed by atoms with Gasteiger partial charge in [0.2, 0.25) is 5.95 Å². The van der Waals surface area contributed by atoms with E-state index in [0.717, 1.165) is 11.4 Å². The van der Waals surface area contributed by atoms with Crippen LogP contribution in [0.1, 0.15) is 56.0 Å². The minimum atomic E-state index is 0.122. The molecule has 0 amide bonds. The van der Waals surface area contributed by atoms with Crippen LogP contribution in [0, 0.1) is 41.5 Å². The number of rotatable bonds is 7. The van der Waals surface area contributed by atoms with Crippen LogP contribution in [0.25, 0.3) is 11.1 Å². The Kier molecular flexibility index (Phi) is 8.13. The lowest BCUT2D eigenvalue weighted by molar-refractivity contribution is 0.919. The van der Waals surface area contributed by atoms with E-state index in [-0.39, 0.29) is 5.92 Å². The standard InChI is InChI=1S/C41H39N3/c1-27-23-29(3)38(30(4)24-27)40(39-31(5)25-28(2)26-32(39)6)35-15-19-37(20-16-35)44(41-42-21-10-22-43-41)36-17-13-34(14-18-36)33-11-8-7-9-12-33/h7-26,40H,1-6H3. The second kappa shape index (κ2) is 12.3. The Morgan fingerprint density at radius 3 is 1.39 bits per heavy atom. The van der Waals surface area contributed by atoms with Gasteiger partial charge in [0.1, 0.15) is 0 Å². The summed E-state index contributed by atoms with van der Waals surface area (Å²) >= 11 is 0. The average molecular weight is 574 g/mol. The smallest absolute Gasteiger partial charge is 0.234 e. The number of hydrogen-bond donors (Lipinski definition) is 0. The van der Waals surface area contributed by atoms with Crippen molar-refractivity contribution in [2.24, 2.45) is 0 Å². The van der Waals surface area contributed by atoms with Crippen molar-refractivity contribution in [3.05, 3.63) is 172 Å². The molecule has 0 radical (unpaired) electrons. The van der Waals surface area contributed by atoms with E-state index in [1.54, 1.807) is 12.4 Å². The van der Waals surface area contributed by atoms with Crippen LogP contribution in [0.2, 0.25) is 0 Å². The third-order valence-electron chi connectivity index (χ3n) is 8.52. The van der Waals surface area contributed by atoms with Crippen molar-refractivity contribution in [1.82, 2.24) is 9.97 Å². The summed E-state index contributed by atoms with van der Waals surface area (Å²) in [4.78, 5) is 11.4. The monoisotopic (exact) mass is 573 g/mol. The third kappa shape index (κ3) is 5.78. The molecule has 6 rings (SSSR count). The van der Waals surface area contributed by atoms with Crippen LogP contribution in [0.4, 0.5) is 17.3 Å². The van der Waals surface area contributed by atoms with Crippen LogP contribution in [-0.2, 0) is 0 Å². The van der Waals surface area contributed by atoms with Gasteiger partial charge >= 0.3 is 0 Å². The molecule has 1 heterocycles. The molecule has 1 aromatic heterocycles. The molecular weight excluding hydrogens is 534 g/mol. The van der Waals surface area contributed by atoms with Gasteiger partial charge in [-0.3, -0.25) is 4.90 Å². The van der Waals surface area contributed by atoms with Gasteiger partial charge in [-0.05, 0) is 122 Å². The summed E-state index contributed by atoms with van der Waals surface area (Å²) in [5, 5.41) is 0. The number of nitrogens with zero attached hydrogens (tertiary/aromatic N) is 3. The molecule has 0 fully saturated rings. The van der Waals surface area contributed by atoms with Gasteiger partial charge in [0, 0.05) is 29.7 Å². The molecule has 3 heteroatoms. The molecule has 0 aliphatic rings. The van der Waals surface area contributed by atoms with Crippen molar-refractivity contribution in [2.45, 2.75) is 47.5 Å². The summed E-state index contributed by atoms with van der Waals surface area (Å²) in [6.45, 7) is 13.4. The molecule has 0 aliphatic carbocycles. The Hall–Kier alpha value is -5.02. The molecule has 0 atom stereocenters. The van der Waals surface area contributed by atoms with Crippen molar-refractivity contribution in [3.8, 4) is 11.1 Å². The molecule has 218 valence electrons. The number of hydrogen-bond acceptors (Lipinski definition) is 3. The van der Waals surface area contributed by atoms with Crippen molar-refractivity contribution >= 4 is 17.3 Å². The van der Waals surface area contributed by atoms with Crippen molar-refractivity contribution < 1.29 is 0 Å². The molecule has 0 saturated carbocycles. The van der Waals surface area contributed by atoms with Gasteiger partial charge in [-0.2, -0.15) is 0 Å². The molecule has 0 bridgehead atoms. The van der Waals surface area contributed by atoms with E-state index < -0.39 is 0 Å². The van der Waals surface area contributed by atoms with Crippen LogP contribution in [0.5, 0.6) is 0 Å². The van der Waals surface area contributed by atoms with E-state index in [1.807, 2.05) is 12.1 Å². The second-order valence-electron chi connectivity index (χ2n) is 11.9. The normalized spacial score (nSPS) is 11.2. The van der Waals surface area contributed by atoms with Gasteiger partial charge in [-0.1, -0.05) is 90.0 Å². The van der Waals surface area contributed by atoms with E-state index in [4.69, 9.17) is 0 Å². The van der Waals surface area contributed by atoms with Crippen LogP contribution in [0.15, 0.2) is 122 Å². The average Bonchev–Trinajstić information content (AvgIpc) is 3.01. The number of benzene rings is 5. The van der Waals surface area contributed by atoms with Gasteiger partial charge in [0.05, 0.1) is 0 Å². The maximum Gasteiger partial charge on any atom is 0.234 e. The lowest BCUT2D eigenvalue weighted by Gasteiger charge is -2.28. The van der Waals surface area contributed by atoms with E-state index in [2.05, 4.69) is 153 Å². The fourth-order valence-electron chi connectivity index (χ4n) is 6.81. The Labute approximate surface area is 261 Å². The summed E-state index contributed by atoms with van der Waals surface area (Å²) in [5.41, 5.74) is 16.3. The summed E-state index contributed by atoms with van der Waals surface area (Å²) in [6, 6.07) is 39.2. The molecule has 0 aliphatic heterocycles. The number of aromatic nitrogens is 2. The first-order valence-corrected chi connectivity index (χ1v) is 15.3. The molecule has 0 saturated heterocycles. The van der Waals surface area contributed by atoms with Crippen LogP contribution in [-0.4, -0.2) is 9.97 Å². The highest BCUT2D eigenvalue weighted by molar-refractivity contribution is 5.75. The Bertz CT molecular complexity index is 1790. The molecule has 0 unspecified atom stereocenters. The molecule has 44 heavy (non-hydrogen) atoms. The van der Waals surface area contributed by atoms with Crippen LogP contribution < -0.4 is 4.90 Å². The van der Waals surface area contributed by atoms with E-state index in [1.165, 1.54) is 61.2 Å². The summed E-state index contributed by atoms with van der Waals surface area (Å²) < 4.78 is 0. The first kappa shape index (κ1) is 29.1. The minimum absolute atomic E-state index is 0.122. The number of anilines is 3. The highest BCUT2D eigenvalue weighted by Gasteiger charge is 2.25.